The number of urea groups is 1. The highest BCUT2D eigenvalue weighted by molar-refractivity contribution is 6.32. The van der Waals surface area contributed by atoms with Crippen molar-refractivity contribution in [3.05, 3.63) is 74.3 Å². The van der Waals surface area contributed by atoms with Crippen LogP contribution in [0.25, 0.3) is 5.70 Å². The number of rotatable bonds is 6. The lowest BCUT2D eigenvalue weighted by molar-refractivity contribution is -0.384. The van der Waals surface area contributed by atoms with Crippen molar-refractivity contribution in [2.45, 2.75) is 26.0 Å². The molecule has 2 N–H and O–H groups in total. The van der Waals surface area contributed by atoms with Crippen molar-refractivity contribution >= 4 is 35.0 Å². The third-order valence-corrected chi connectivity index (χ3v) is 4.83. The Morgan fingerprint density at radius 2 is 1.87 bits per heavy atom. The molecule has 0 aliphatic carbocycles. The van der Waals surface area contributed by atoms with E-state index in [2.05, 4.69) is 10.6 Å². The molecule has 31 heavy (non-hydrogen) atoms. The molecule has 0 bridgehead atoms. The predicted octanol–water partition coefficient (Wildman–Crippen LogP) is 3.97. The summed E-state index contributed by atoms with van der Waals surface area (Å²) in [5.41, 5.74) is 0.858. The number of benzene rings is 2. The number of hydrogen-bond donors (Lipinski definition) is 2. The van der Waals surface area contributed by atoms with Gasteiger partial charge in [0.05, 0.1) is 35.4 Å². The Kier molecular flexibility index (Phi) is 6.45. The summed E-state index contributed by atoms with van der Waals surface area (Å²) in [5.74, 6) is -0.0725. The van der Waals surface area contributed by atoms with Gasteiger partial charge >= 0.3 is 12.0 Å². The fourth-order valence-electron chi connectivity index (χ4n) is 3.15. The number of ether oxygens (including phenoxy) is 2. The standard InChI is InChI=1S/C21H20ClN3O6/c1-11(2)31-20(26)17-18(12-4-7-14(30-3)8-5-12)23-21(27)24-19(17)13-6-9-15(22)16(10-13)25(28)29/h4-11,19H,1-3H3,(H2,23,24,27). The molecule has 0 aromatic heterocycles. The second-order valence-electron chi connectivity index (χ2n) is 6.97. The van der Waals surface area contributed by atoms with Gasteiger partial charge in [-0.15, -0.1) is 0 Å². The van der Waals surface area contributed by atoms with Gasteiger partial charge in [0.15, 0.2) is 0 Å². The fourth-order valence-corrected chi connectivity index (χ4v) is 3.33. The normalized spacial score (nSPS) is 15.9. The van der Waals surface area contributed by atoms with E-state index in [0.717, 1.165) is 0 Å². The second kappa shape index (κ2) is 9.05. The molecule has 0 fully saturated rings. The van der Waals surface area contributed by atoms with Crippen molar-refractivity contribution in [2.75, 3.05) is 7.11 Å². The van der Waals surface area contributed by atoms with Crippen LogP contribution in [0.4, 0.5) is 10.5 Å². The molecular formula is C21H20ClN3O6. The van der Waals surface area contributed by atoms with Gasteiger partial charge < -0.3 is 20.1 Å². The number of nitro benzene ring substituents is 1. The topological polar surface area (TPSA) is 120 Å². The van der Waals surface area contributed by atoms with Crippen LogP contribution in [-0.4, -0.2) is 30.1 Å². The van der Waals surface area contributed by atoms with Crippen LogP contribution < -0.4 is 15.4 Å². The number of nitro groups is 1. The van der Waals surface area contributed by atoms with Crippen molar-refractivity contribution in [3.63, 3.8) is 0 Å². The molecule has 162 valence electrons. The monoisotopic (exact) mass is 445 g/mol. The van der Waals surface area contributed by atoms with E-state index in [9.17, 15) is 19.7 Å². The zero-order valence-corrected chi connectivity index (χ0v) is 17.7. The molecule has 9 nitrogen and oxygen atoms in total. The minimum Gasteiger partial charge on any atom is -0.497 e. The SMILES string of the molecule is COc1ccc(C2=C(C(=O)OC(C)C)C(c3ccc(Cl)c([N+](=O)[O-])c3)NC(=O)N2)cc1. The Morgan fingerprint density at radius 3 is 2.45 bits per heavy atom. The van der Waals surface area contributed by atoms with Gasteiger partial charge in [0, 0.05) is 6.07 Å². The molecule has 0 saturated carbocycles. The van der Waals surface area contributed by atoms with E-state index in [1.165, 1.54) is 25.3 Å². The molecule has 1 aliphatic rings. The first-order valence-electron chi connectivity index (χ1n) is 9.32. The highest BCUT2D eigenvalue weighted by Crippen LogP contribution is 2.35. The van der Waals surface area contributed by atoms with Gasteiger partial charge in [-0.25, -0.2) is 9.59 Å². The molecule has 2 aromatic carbocycles. The average Bonchev–Trinajstić information content (AvgIpc) is 2.72. The number of nitrogens with zero attached hydrogens (tertiary/aromatic N) is 1. The Labute approximate surface area is 183 Å². The van der Waals surface area contributed by atoms with Gasteiger partial charge in [0.2, 0.25) is 0 Å². The van der Waals surface area contributed by atoms with E-state index in [-0.39, 0.29) is 22.0 Å². The Morgan fingerprint density at radius 1 is 1.19 bits per heavy atom. The number of amides is 2. The summed E-state index contributed by atoms with van der Waals surface area (Å²) in [7, 11) is 1.52. The van der Waals surface area contributed by atoms with Gasteiger partial charge in [0.1, 0.15) is 10.8 Å². The van der Waals surface area contributed by atoms with E-state index in [1.807, 2.05) is 0 Å². The molecule has 10 heteroatoms. The largest absolute Gasteiger partial charge is 0.497 e. The first kappa shape index (κ1) is 22.1. The minimum absolute atomic E-state index is 0.0559. The Hall–Kier alpha value is -3.59. The van der Waals surface area contributed by atoms with E-state index in [4.69, 9.17) is 21.1 Å². The maximum Gasteiger partial charge on any atom is 0.338 e. The van der Waals surface area contributed by atoms with Crippen LogP contribution >= 0.6 is 11.6 Å². The molecule has 1 heterocycles. The summed E-state index contributed by atoms with van der Waals surface area (Å²) in [6.45, 7) is 3.39. The second-order valence-corrected chi connectivity index (χ2v) is 7.38. The first-order chi connectivity index (χ1) is 14.7. The maximum absolute atomic E-state index is 13.0. The lowest BCUT2D eigenvalue weighted by Gasteiger charge is -2.30. The van der Waals surface area contributed by atoms with E-state index < -0.39 is 29.1 Å². The molecule has 1 atom stereocenters. The zero-order chi connectivity index (χ0) is 22.7. The zero-order valence-electron chi connectivity index (χ0n) is 17.0. The summed E-state index contributed by atoms with van der Waals surface area (Å²) in [6, 6.07) is 9.26. The number of methoxy groups -OCH3 is 1. The number of esters is 1. The van der Waals surface area contributed by atoms with Crippen molar-refractivity contribution < 1.29 is 24.0 Å². The summed E-state index contributed by atoms with van der Waals surface area (Å²) < 4.78 is 10.6. The number of carbonyl (C=O) groups excluding carboxylic acids is 2. The van der Waals surface area contributed by atoms with Crippen molar-refractivity contribution in [2.24, 2.45) is 0 Å². The highest BCUT2D eigenvalue weighted by Gasteiger charge is 2.35. The minimum atomic E-state index is -0.993. The molecule has 1 aliphatic heterocycles. The lowest BCUT2D eigenvalue weighted by Crippen LogP contribution is -2.45. The average molecular weight is 446 g/mol. The van der Waals surface area contributed by atoms with Crippen LogP contribution in [-0.2, 0) is 9.53 Å². The maximum atomic E-state index is 13.0. The summed E-state index contributed by atoms with van der Waals surface area (Å²) in [6.07, 6.45) is -0.421. The first-order valence-corrected chi connectivity index (χ1v) is 9.70. The molecule has 2 amide bonds. The van der Waals surface area contributed by atoms with Gasteiger partial charge in [0.25, 0.3) is 5.69 Å². The molecule has 0 saturated heterocycles. The fraction of sp³-hybridized carbons (Fsp3) is 0.238. The predicted molar refractivity (Wildman–Crippen MR) is 114 cm³/mol. The van der Waals surface area contributed by atoms with Crippen LogP contribution in [0.3, 0.4) is 0 Å². The molecule has 2 aromatic rings. The Bertz CT molecular complexity index is 1070. The lowest BCUT2D eigenvalue weighted by atomic mass is 9.92. The van der Waals surface area contributed by atoms with Crippen molar-refractivity contribution in [1.82, 2.24) is 10.6 Å². The number of hydrogen-bond acceptors (Lipinski definition) is 6. The molecular weight excluding hydrogens is 426 g/mol. The van der Waals surface area contributed by atoms with Crippen LogP contribution in [0.2, 0.25) is 5.02 Å². The van der Waals surface area contributed by atoms with Crippen LogP contribution in [0.5, 0.6) is 5.75 Å². The number of carbonyl (C=O) groups is 2. The van der Waals surface area contributed by atoms with Crippen LogP contribution in [0.15, 0.2) is 48.0 Å². The van der Waals surface area contributed by atoms with Gasteiger partial charge in [-0.3, -0.25) is 10.1 Å². The van der Waals surface area contributed by atoms with E-state index in [1.54, 1.807) is 38.1 Å². The summed E-state index contributed by atoms with van der Waals surface area (Å²) in [5, 5.41) is 16.6. The smallest absolute Gasteiger partial charge is 0.338 e. The summed E-state index contributed by atoms with van der Waals surface area (Å²) >= 11 is 5.92. The number of halogens is 1. The number of nitrogens with one attached hydrogen (secondary N) is 2. The third-order valence-electron chi connectivity index (χ3n) is 4.51. The van der Waals surface area contributed by atoms with E-state index in [0.29, 0.717) is 16.9 Å². The molecule has 0 spiro atoms. The molecule has 1 unspecified atom stereocenters. The van der Waals surface area contributed by atoms with Gasteiger partial charge in [-0.05, 0) is 55.3 Å². The van der Waals surface area contributed by atoms with Crippen LogP contribution in [0.1, 0.15) is 31.0 Å². The quantitative estimate of drug-likeness (QED) is 0.394. The van der Waals surface area contributed by atoms with Crippen molar-refractivity contribution in [3.8, 4) is 5.75 Å². The highest BCUT2D eigenvalue weighted by atomic mass is 35.5. The van der Waals surface area contributed by atoms with Gasteiger partial charge in [-0.1, -0.05) is 17.7 Å². The van der Waals surface area contributed by atoms with Crippen molar-refractivity contribution in [1.29, 1.82) is 0 Å². The van der Waals surface area contributed by atoms with Crippen LogP contribution in [0, 0.1) is 10.1 Å². The molecule has 3 rings (SSSR count). The molecule has 0 radical (unpaired) electrons. The summed E-state index contributed by atoms with van der Waals surface area (Å²) in [4.78, 5) is 36.2. The third kappa shape index (κ3) is 4.77. The van der Waals surface area contributed by atoms with E-state index >= 15 is 0 Å². The Balaban J connectivity index is 2.20. The van der Waals surface area contributed by atoms with Gasteiger partial charge in [-0.2, -0.15) is 0 Å².